The van der Waals surface area contributed by atoms with Crippen LogP contribution >= 0.6 is 15.9 Å². The van der Waals surface area contributed by atoms with E-state index in [0.717, 1.165) is 4.48 Å². The van der Waals surface area contributed by atoms with Crippen molar-refractivity contribution in [2.45, 2.75) is 13.2 Å². The number of carbonyl (C=O) groups is 1. The minimum atomic E-state index is -0.635. The van der Waals surface area contributed by atoms with Gasteiger partial charge in [-0.15, -0.1) is 0 Å². The Morgan fingerprint density at radius 1 is 1.56 bits per heavy atom. The summed E-state index contributed by atoms with van der Waals surface area (Å²) in [4.78, 5) is 11.9. The predicted octanol–water partition coefficient (Wildman–Crippen LogP) is 1.31. The van der Waals surface area contributed by atoms with Gasteiger partial charge in [-0.3, -0.25) is 4.79 Å². The van der Waals surface area contributed by atoms with E-state index in [0.29, 0.717) is 5.76 Å². The van der Waals surface area contributed by atoms with Crippen LogP contribution in [-0.2, 0) is 14.3 Å². The molecule has 3 rings (SSSR count). The van der Waals surface area contributed by atoms with Gasteiger partial charge in [-0.1, -0.05) is 28.1 Å². The van der Waals surface area contributed by atoms with Gasteiger partial charge in [0.1, 0.15) is 12.4 Å². The molecule has 3 aliphatic rings. The molecule has 1 N–H and O–H groups in total. The second-order valence-corrected chi connectivity index (χ2v) is 5.37. The van der Waals surface area contributed by atoms with Gasteiger partial charge in [0.25, 0.3) is 6.29 Å². The molecule has 0 amide bonds. The van der Waals surface area contributed by atoms with Crippen LogP contribution in [0.25, 0.3) is 0 Å². The molecular weight excluding hydrogens is 276 g/mol. The average molecular weight is 287 g/mol. The fourth-order valence-corrected chi connectivity index (χ4v) is 3.70. The molecule has 4 nitrogen and oxygen atoms in total. The topological polar surface area (TPSA) is 55.8 Å². The number of esters is 1. The Labute approximate surface area is 101 Å². The molecule has 0 aromatic rings. The molecule has 0 aromatic heterocycles. The zero-order valence-corrected chi connectivity index (χ0v) is 10.2. The van der Waals surface area contributed by atoms with Gasteiger partial charge in [-0.2, -0.15) is 0 Å². The maximum atomic E-state index is 11.9. The van der Waals surface area contributed by atoms with E-state index in [2.05, 4.69) is 15.9 Å². The van der Waals surface area contributed by atoms with Crippen LogP contribution in [0.2, 0.25) is 0 Å². The maximum Gasteiger partial charge on any atom is 0.319 e. The summed E-state index contributed by atoms with van der Waals surface area (Å²) < 4.78 is 11.5. The number of allylic oxidation sites excluding steroid dienone is 1. The Hall–Kier alpha value is -0.810. The van der Waals surface area contributed by atoms with Crippen molar-refractivity contribution in [2.24, 2.45) is 17.3 Å². The Balaban J connectivity index is 2.14. The number of halogens is 1. The highest BCUT2D eigenvalue weighted by Gasteiger charge is 2.60. The molecule has 2 heterocycles. The van der Waals surface area contributed by atoms with Gasteiger partial charge in [-0.25, -0.2) is 0 Å². The quantitative estimate of drug-likeness (QED) is 0.583. The Kier molecular flexibility index (Phi) is 2.01. The van der Waals surface area contributed by atoms with Gasteiger partial charge in [-0.05, 0) is 6.92 Å². The number of rotatable bonds is 1. The minimum absolute atomic E-state index is 0.00495. The molecule has 2 aliphatic heterocycles. The van der Waals surface area contributed by atoms with Crippen LogP contribution in [0.1, 0.15) is 6.92 Å². The van der Waals surface area contributed by atoms with E-state index in [1.54, 1.807) is 0 Å². The number of carbonyl (C=O) groups excluding carboxylic acids is 1. The second kappa shape index (κ2) is 3.11. The molecule has 4 bridgehead atoms. The standard InChI is InChI=1S/C11H11BrO4/c1-11-3-2-5-7(11)8(12)6(4-13)15-9(5)16-10(11)14/h2-3,5,7,9,13H,4H2,1H3/t5-,7+,9-,11+/m0/s1. The smallest absolute Gasteiger partial charge is 0.319 e. The van der Waals surface area contributed by atoms with Crippen molar-refractivity contribution in [3.8, 4) is 0 Å². The second-order valence-electron chi connectivity index (χ2n) is 4.52. The van der Waals surface area contributed by atoms with Crippen LogP contribution in [0.3, 0.4) is 0 Å². The summed E-state index contributed by atoms with van der Waals surface area (Å²) in [5, 5.41) is 9.19. The Bertz CT molecular complexity index is 428. The number of aliphatic hydroxyl groups excluding tert-OH is 1. The first-order chi connectivity index (χ1) is 7.58. The van der Waals surface area contributed by atoms with Crippen LogP contribution in [0.15, 0.2) is 22.4 Å². The fourth-order valence-electron chi connectivity index (χ4n) is 2.70. The fraction of sp³-hybridized carbons (Fsp3) is 0.545. The SMILES string of the molecule is C[C@]12C=C[C@@H]3[C@H](OC1=O)OC(CO)=C(Br)[C@@H]32. The third-order valence-electron chi connectivity index (χ3n) is 3.61. The number of ether oxygens (including phenoxy) is 2. The number of aliphatic hydroxyl groups is 1. The van der Waals surface area contributed by atoms with E-state index in [9.17, 15) is 9.90 Å². The van der Waals surface area contributed by atoms with Crippen LogP contribution in [-0.4, -0.2) is 24.0 Å². The molecule has 1 saturated heterocycles. The van der Waals surface area contributed by atoms with Gasteiger partial charge in [0.2, 0.25) is 0 Å². The first kappa shape index (κ1) is 10.4. The highest BCUT2D eigenvalue weighted by Crippen LogP contribution is 2.56. The van der Waals surface area contributed by atoms with Gasteiger partial charge >= 0.3 is 5.97 Å². The molecule has 0 saturated carbocycles. The summed E-state index contributed by atoms with van der Waals surface area (Å²) in [6.45, 7) is 1.67. The van der Waals surface area contributed by atoms with Crippen molar-refractivity contribution in [1.82, 2.24) is 0 Å². The van der Waals surface area contributed by atoms with Crippen molar-refractivity contribution in [3.63, 3.8) is 0 Å². The summed E-state index contributed by atoms with van der Waals surface area (Å²) in [5.41, 5.74) is -0.635. The molecule has 86 valence electrons. The first-order valence-corrected chi connectivity index (χ1v) is 5.93. The summed E-state index contributed by atoms with van der Waals surface area (Å²) in [5.74, 6) is 0.247. The highest BCUT2D eigenvalue weighted by molar-refractivity contribution is 9.11. The zero-order valence-electron chi connectivity index (χ0n) is 8.64. The summed E-state index contributed by atoms with van der Waals surface area (Å²) in [6, 6.07) is 0. The van der Waals surface area contributed by atoms with Crippen LogP contribution in [0.4, 0.5) is 0 Å². The lowest BCUT2D eigenvalue weighted by Gasteiger charge is -2.44. The van der Waals surface area contributed by atoms with Crippen LogP contribution < -0.4 is 0 Å². The lowest BCUT2D eigenvalue weighted by molar-refractivity contribution is -0.214. The molecule has 4 atom stereocenters. The largest absolute Gasteiger partial charge is 0.455 e. The van der Waals surface area contributed by atoms with E-state index in [4.69, 9.17) is 9.47 Å². The summed E-state index contributed by atoms with van der Waals surface area (Å²) in [6.07, 6.45) is 3.26. The lowest BCUT2D eigenvalue weighted by Crippen LogP contribution is -2.50. The molecular formula is C11H11BrO4. The number of hydrogen-bond donors (Lipinski definition) is 1. The minimum Gasteiger partial charge on any atom is -0.455 e. The molecule has 0 unspecified atom stereocenters. The molecule has 1 aliphatic carbocycles. The van der Waals surface area contributed by atoms with Crippen molar-refractivity contribution in [2.75, 3.05) is 6.61 Å². The van der Waals surface area contributed by atoms with Crippen LogP contribution in [0, 0.1) is 17.3 Å². The van der Waals surface area contributed by atoms with Gasteiger partial charge < -0.3 is 14.6 Å². The third-order valence-corrected chi connectivity index (χ3v) is 4.55. The summed E-state index contributed by atoms with van der Waals surface area (Å²) in [7, 11) is 0. The maximum absolute atomic E-state index is 11.9. The summed E-state index contributed by atoms with van der Waals surface area (Å²) >= 11 is 3.43. The molecule has 0 aromatic carbocycles. The molecule has 1 fully saturated rings. The van der Waals surface area contributed by atoms with E-state index < -0.39 is 11.7 Å². The van der Waals surface area contributed by atoms with Gasteiger partial charge in [0, 0.05) is 10.4 Å². The van der Waals surface area contributed by atoms with Crippen LogP contribution in [0.5, 0.6) is 0 Å². The predicted molar refractivity (Wildman–Crippen MR) is 58.2 cm³/mol. The Morgan fingerprint density at radius 3 is 3.00 bits per heavy atom. The van der Waals surface area contributed by atoms with Crippen molar-refractivity contribution in [1.29, 1.82) is 0 Å². The number of hydrogen-bond acceptors (Lipinski definition) is 4. The highest BCUT2D eigenvalue weighted by atomic mass is 79.9. The lowest BCUT2D eigenvalue weighted by atomic mass is 9.73. The third kappa shape index (κ3) is 1.05. The Morgan fingerprint density at radius 2 is 2.31 bits per heavy atom. The van der Waals surface area contributed by atoms with Gasteiger partial charge in [0.05, 0.1) is 11.3 Å². The average Bonchev–Trinajstić information content (AvgIpc) is 2.56. The van der Waals surface area contributed by atoms with E-state index >= 15 is 0 Å². The van der Waals surface area contributed by atoms with Crippen molar-refractivity contribution >= 4 is 21.9 Å². The molecule has 0 spiro atoms. The van der Waals surface area contributed by atoms with E-state index in [1.807, 2.05) is 19.1 Å². The van der Waals surface area contributed by atoms with E-state index in [1.165, 1.54) is 0 Å². The van der Waals surface area contributed by atoms with Crippen molar-refractivity contribution in [3.05, 3.63) is 22.4 Å². The first-order valence-electron chi connectivity index (χ1n) is 5.14. The molecule has 16 heavy (non-hydrogen) atoms. The van der Waals surface area contributed by atoms with E-state index in [-0.39, 0.29) is 24.4 Å². The monoisotopic (exact) mass is 286 g/mol. The normalized spacial score (nSPS) is 44.4. The molecule has 5 heteroatoms. The van der Waals surface area contributed by atoms with Crippen molar-refractivity contribution < 1.29 is 19.4 Å². The zero-order chi connectivity index (χ0) is 11.5. The molecule has 0 radical (unpaired) electrons. The van der Waals surface area contributed by atoms with Gasteiger partial charge in [0.15, 0.2) is 0 Å².